The fourth-order valence-corrected chi connectivity index (χ4v) is 1.77. The summed E-state index contributed by atoms with van der Waals surface area (Å²) in [5.41, 5.74) is 7.04. The van der Waals surface area contributed by atoms with Gasteiger partial charge in [0.1, 0.15) is 0 Å². The second kappa shape index (κ2) is 7.93. The highest BCUT2D eigenvalue weighted by Gasteiger charge is 2.41. The number of benzene rings is 1. The zero-order valence-electron chi connectivity index (χ0n) is 12.9. The van der Waals surface area contributed by atoms with Crippen molar-refractivity contribution >= 4 is 11.6 Å². The maximum Gasteiger partial charge on any atom is 0.340 e. The molecule has 0 saturated carbocycles. The highest BCUT2D eigenvalue weighted by Crippen LogP contribution is 2.24. The lowest BCUT2D eigenvalue weighted by Gasteiger charge is -2.15. The van der Waals surface area contributed by atoms with Crippen LogP contribution in [0.5, 0.6) is 5.88 Å². The first-order chi connectivity index (χ1) is 11.8. The molecule has 0 atom stereocenters. The van der Waals surface area contributed by atoms with E-state index in [9.17, 15) is 22.4 Å². The third-order valence-electron chi connectivity index (χ3n) is 3.18. The molecule has 1 amide bonds. The van der Waals surface area contributed by atoms with E-state index in [1.165, 1.54) is 18.3 Å². The molecule has 0 aliphatic heterocycles. The van der Waals surface area contributed by atoms with Crippen molar-refractivity contribution < 1.29 is 27.1 Å². The third-order valence-corrected chi connectivity index (χ3v) is 3.18. The summed E-state index contributed by atoms with van der Waals surface area (Å²) >= 11 is 0. The smallest absolute Gasteiger partial charge is 0.340 e. The summed E-state index contributed by atoms with van der Waals surface area (Å²) in [5, 5.41) is 2.56. The Morgan fingerprint density at radius 1 is 1.20 bits per heavy atom. The normalized spacial score (nSPS) is 11.4. The fourth-order valence-electron chi connectivity index (χ4n) is 1.77. The molecule has 0 bridgehead atoms. The van der Waals surface area contributed by atoms with E-state index in [4.69, 9.17) is 5.73 Å². The number of nitrogens with zero attached hydrogens (tertiary/aromatic N) is 1. The first kappa shape index (κ1) is 18.7. The van der Waals surface area contributed by atoms with Gasteiger partial charge in [-0.15, -0.1) is 0 Å². The van der Waals surface area contributed by atoms with Crippen LogP contribution < -0.4 is 15.8 Å². The summed E-state index contributed by atoms with van der Waals surface area (Å²) in [4.78, 5) is 15.7. The number of hydrogen-bond donors (Lipinski definition) is 2. The number of pyridine rings is 1. The molecule has 0 unspecified atom stereocenters. The average molecular weight is 357 g/mol. The van der Waals surface area contributed by atoms with Crippen molar-refractivity contribution in [1.29, 1.82) is 0 Å². The minimum absolute atomic E-state index is 0.259. The van der Waals surface area contributed by atoms with Crippen molar-refractivity contribution in [3.63, 3.8) is 0 Å². The second-order valence-corrected chi connectivity index (χ2v) is 5.09. The van der Waals surface area contributed by atoms with Crippen LogP contribution in [-0.2, 0) is 6.54 Å². The van der Waals surface area contributed by atoms with Crippen LogP contribution in [0, 0.1) is 0 Å². The second-order valence-electron chi connectivity index (χ2n) is 5.09. The molecule has 0 saturated heterocycles. The molecule has 0 fully saturated rings. The molecule has 2 rings (SSSR count). The van der Waals surface area contributed by atoms with Crippen LogP contribution in [0.4, 0.5) is 23.2 Å². The van der Waals surface area contributed by atoms with E-state index in [1.54, 1.807) is 24.3 Å². The Morgan fingerprint density at radius 3 is 2.40 bits per heavy atom. The lowest BCUT2D eigenvalue weighted by atomic mass is 10.1. The van der Waals surface area contributed by atoms with Gasteiger partial charge < -0.3 is 15.8 Å². The van der Waals surface area contributed by atoms with Crippen LogP contribution in [0.1, 0.15) is 15.9 Å². The maximum atomic E-state index is 12.8. The number of carbonyl (C=O) groups excluding carboxylic acids is 1. The van der Waals surface area contributed by atoms with Gasteiger partial charge in [-0.05, 0) is 23.8 Å². The van der Waals surface area contributed by atoms with Gasteiger partial charge in [-0.2, -0.15) is 8.78 Å². The minimum atomic E-state index is -4.26. The molecule has 1 heterocycles. The Morgan fingerprint density at radius 2 is 1.88 bits per heavy atom. The van der Waals surface area contributed by atoms with Crippen LogP contribution in [0.3, 0.4) is 0 Å². The number of ether oxygens (including phenoxy) is 1. The first-order valence-electron chi connectivity index (χ1n) is 7.17. The fraction of sp³-hybridized carbons (Fsp3) is 0.250. The Labute approximate surface area is 140 Å². The molecule has 0 spiro atoms. The molecular formula is C16H15F4N3O2. The Balaban J connectivity index is 1.94. The van der Waals surface area contributed by atoms with Gasteiger partial charge in [0, 0.05) is 18.2 Å². The lowest BCUT2D eigenvalue weighted by Crippen LogP contribution is -2.33. The summed E-state index contributed by atoms with van der Waals surface area (Å²) in [6.45, 7) is -1.13. The Kier molecular flexibility index (Phi) is 5.92. The lowest BCUT2D eigenvalue weighted by molar-refractivity contribution is -0.148. The number of anilines is 1. The van der Waals surface area contributed by atoms with Crippen LogP contribution >= 0.6 is 0 Å². The van der Waals surface area contributed by atoms with Crippen molar-refractivity contribution in [2.75, 3.05) is 11.9 Å². The molecule has 9 heteroatoms. The van der Waals surface area contributed by atoms with Crippen LogP contribution in [0.2, 0.25) is 0 Å². The number of nitrogens with two attached hydrogens (primary N) is 1. The molecule has 25 heavy (non-hydrogen) atoms. The number of amides is 1. The molecule has 0 aliphatic rings. The average Bonchev–Trinajstić information content (AvgIpc) is 2.61. The number of carbonyl (C=O) groups is 1. The predicted octanol–water partition coefficient (Wildman–Crippen LogP) is 3.07. The summed E-state index contributed by atoms with van der Waals surface area (Å²) in [7, 11) is 0. The van der Waals surface area contributed by atoms with E-state index in [1.807, 2.05) is 0 Å². The number of alkyl halides is 4. The van der Waals surface area contributed by atoms with Crippen molar-refractivity contribution in [3.8, 4) is 5.88 Å². The SMILES string of the molecule is NCc1ccc(C(=O)Nc2ccc(OCC(F)(F)C(F)F)nc2)cc1. The van der Waals surface area contributed by atoms with Crippen LogP contribution in [-0.4, -0.2) is 29.8 Å². The topological polar surface area (TPSA) is 77.2 Å². The standard InChI is InChI=1S/C16H15F4N3O2/c17-15(18)16(19,20)9-25-13-6-5-12(8-22-13)23-14(24)11-3-1-10(7-21)2-4-11/h1-6,8,15H,7,9,21H2,(H,23,24). The molecule has 1 aromatic carbocycles. The van der Waals surface area contributed by atoms with Gasteiger partial charge in [0.25, 0.3) is 5.91 Å². The predicted molar refractivity (Wildman–Crippen MR) is 83.0 cm³/mol. The number of aromatic nitrogens is 1. The van der Waals surface area contributed by atoms with Crippen molar-refractivity contribution in [2.45, 2.75) is 18.9 Å². The van der Waals surface area contributed by atoms with Gasteiger partial charge in [0.05, 0.1) is 11.9 Å². The molecular weight excluding hydrogens is 342 g/mol. The number of hydrogen-bond acceptors (Lipinski definition) is 4. The van der Waals surface area contributed by atoms with Crippen molar-refractivity contribution in [1.82, 2.24) is 4.98 Å². The van der Waals surface area contributed by atoms with E-state index < -0.39 is 24.9 Å². The number of nitrogens with one attached hydrogen (secondary N) is 1. The molecule has 5 nitrogen and oxygen atoms in total. The van der Waals surface area contributed by atoms with E-state index >= 15 is 0 Å². The van der Waals surface area contributed by atoms with Gasteiger partial charge in [0.2, 0.25) is 5.88 Å². The van der Waals surface area contributed by atoms with E-state index in [0.717, 1.165) is 5.56 Å². The van der Waals surface area contributed by atoms with E-state index in [0.29, 0.717) is 17.8 Å². The zero-order valence-corrected chi connectivity index (χ0v) is 12.9. The monoisotopic (exact) mass is 357 g/mol. The van der Waals surface area contributed by atoms with Gasteiger partial charge >= 0.3 is 12.3 Å². The first-order valence-corrected chi connectivity index (χ1v) is 7.17. The molecule has 134 valence electrons. The van der Waals surface area contributed by atoms with Gasteiger partial charge in [-0.3, -0.25) is 4.79 Å². The van der Waals surface area contributed by atoms with E-state index in [-0.39, 0.29) is 5.88 Å². The summed E-state index contributed by atoms with van der Waals surface area (Å²) < 4.78 is 54.1. The highest BCUT2D eigenvalue weighted by atomic mass is 19.3. The number of halogens is 4. The van der Waals surface area contributed by atoms with Gasteiger partial charge in [0.15, 0.2) is 6.61 Å². The molecule has 2 aromatic rings. The zero-order chi connectivity index (χ0) is 18.4. The number of rotatable bonds is 7. The van der Waals surface area contributed by atoms with Gasteiger partial charge in [-0.25, -0.2) is 13.8 Å². The summed E-state index contributed by atoms with van der Waals surface area (Å²) in [6.07, 6.45) is -2.65. The minimum Gasteiger partial charge on any atom is -0.471 e. The summed E-state index contributed by atoms with van der Waals surface area (Å²) in [6, 6.07) is 9.19. The Bertz CT molecular complexity index is 706. The third kappa shape index (κ3) is 5.15. The highest BCUT2D eigenvalue weighted by molar-refractivity contribution is 6.04. The molecule has 3 N–H and O–H groups in total. The largest absolute Gasteiger partial charge is 0.471 e. The Hall–Kier alpha value is -2.68. The van der Waals surface area contributed by atoms with E-state index in [2.05, 4.69) is 15.0 Å². The molecule has 1 aromatic heterocycles. The van der Waals surface area contributed by atoms with Crippen molar-refractivity contribution in [2.24, 2.45) is 5.73 Å². The van der Waals surface area contributed by atoms with Gasteiger partial charge in [-0.1, -0.05) is 12.1 Å². The molecule has 0 aliphatic carbocycles. The quantitative estimate of drug-likeness (QED) is 0.747. The van der Waals surface area contributed by atoms with Crippen molar-refractivity contribution in [3.05, 3.63) is 53.7 Å². The van der Waals surface area contributed by atoms with Crippen LogP contribution in [0.25, 0.3) is 0 Å². The van der Waals surface area contributed by atoms with Crippen LogP contribution in [0.15, 0.2) is 42.6 Å². The molecule has 0 radical (unpaired) electrons. The summed E-state index contributed by atoms with van der Waals surface area (Å²) in [5.74, 6) is -4.92. The maximum absolute atomic E-state index is 12.8.